The van der Waals surface area contributed by atoms with Crippen LogP contribution in [0.15, 0.2) is 54.6 Å². The largest absolute Gasteiger partial charge is 0.465 e. The van der Waals surface area contributed by atoms with Crippen molar-refractivity contribution >= 4 is 27.6 Å². The molecule has 144 valence electrons. The van der Waals surface area contributed by atoms with Gasteiger partial charge in [-0.25, -0.2) is 17.9 Å². The van der Waals surface area contributed by atoms with Crippen LogP contribution in [0, 0.1) is 0 Å². The highest BCUT2D eigenvalue weighted by Gasteiger charge is 2.13. The van der Waals surface area contributed by atoms with E-state index in [1.54, 1.807) is 12.1 Å². The first-order valence-corrected chi connectivity index (χ1v) is 10.0. The molecule has 0 saturated carbocycles. The Morgan fingerprint density at radius 1 is 1.00 bits per heavy atom. The molecule has 1 amide bonds. The van der Waals surface area contributed by atoms with E-state index in [-0.39, 0.29) is 12.3 Å². The maximum Gasteiger partial charge on any atom is 0.337 e. The monoisotopic (exact) mass is 390 g/mol. The summed E-state index contributed by atoms with van der Waals surface area (Å²) in [5.41, 5.74) is 1.88. The highest BCUT2D eigenvalue weighted by molar-refractivity contribution is 7.89. The summed E-state index contributed by atoms with van der Waals surface area (Å²) in [6, 6.07) is 15.7. The van der Waals surface area contributed by atoms with E-state index in [2.05, 4.69) is 14.8 Å². The fourth-order valence-corrected chi connectivity index (χ4v) is 3.39. The van der Waals surface area contributed by atoms with Gasteiger partial charge in [0.15, 0.2) is 0 Å². The molecule has 0 heterocycles. The Kier molecular flexibility index (Phi) is 7.51. The Morgan fingerprint density at radius 2 is 1.67 bits per heavy atom. The molecule has 2 aromatic carbocycles. The maximum atomic E-state index is 12.0. The zero-order valence-electron chi connectivity index (χ0n) is 15.0. The SMILES string of the molecule is COC(=O)c1ccc(NC(=O)CNS(=O)(=O)CCCc2ccccc2)cc1. The van der Waals surface area contributed by atoms with Crippen LogP contribution in [0.1, 0.15) is 22.3 Å². The molecule has 0 aliphatic heterocycles. The molecule has 0 spiro atoms. The summed E-state index contributed by atoms with van der Waals surface area (Å²) < 4.78 is 30.9. The molecule has 0 aliphatic rings. The number of sulfonamides is 1. The van der Waals surface area contributed by atoms with Crippen molar-refractivity contribution in [3.05, 3.63) is 65.7 Å². The molecule has 7 nitrogen and oxygen atoms in total. The number of hydrogen-bond acceptors (Lipinski definition) is 5. The third kappa shape index (κ3) is 7.20. The van der Waals surface area contributed by atoms with Crippen molar-refractivity contribution in [3.8, 4) is 0 Å². The number of ether oxygens (including phenoxy) is 1. The highest BCUT2D eigenvalue weighted by atomic mass is 32.2. The topological polar surface area (TPSA) is 102 Å². The van der Waals surface area contributed by atoms with Crippen molar-refractivity contribution in [2.24, 2.45) is 0 Å². The van der Waals surface area contributed by atoms with Crippen molar-refractivity contribution in [2.45, 2.75) is 12.8 Å². The minimum atomic E-state index is -3.53. The van der Waals surface area contributed by atoms with Crippen LogP contribution in [-0.2, 0) is 26.0 Å². The zero-order chi connectivity index (χ0) is 19.7. The Balaban J connectivity index is 1.75. The summed E-state index contributed by atoms with van der Waals surface area (Å²) in [6.45, 7) is -0.355. The smallest absolute Gasteiger partial charge is 0.337 e. The zero-order valence-corrected chi connectivity index (χ0v) is 15.8. The average molecular weight is 390 g/mol. The van der Waals surface area contributed by atoms with Gasteiger partial charge in [-0.05, 0) is 42.7 Å². The fraction of sp³-hybridized carbons (Fsp3) is 0.263. The van der Waals surface area contributed by atoms with E-state index in [0.717, 1.165) is 5.56 Å². The number of rotatable bonds is 9. The molecule has 0 fully saturated rings. The number of benzene rings is 2. The van der Waals surface area contributed by atoms with Crippen LogP contribution in [0.5, 0.6) is 0 Å². The number of anilines is 1. The maximum absolute atomic E-state index is 12.0. The van der Waals surface area contributed by atoms with Crippen LogP contribution in [0.4, 0.5) is 5.69 Å². The molecule has 2 rings (SSSR count). The summed E-state index contributed by atoms with van der Waals surface area (Å²) >= 11 is 0. The van der Waals surface area contributed by atoms with Crippen LogP contribution < -0.4 is 10.0 Å². The molecule has 2 aromatic rings. The number of carbonyl (C=O) groups excluding carboxylic acids is 2. The van der Waals surface area contributed by atoms with Crippen molar-refractivity contribution in [1.82, 2.24) is 4.72 Å². The number of esters is 1. The molecule has 0 aromatic heterocycles. The third-order valence-electron chi connectivity index (χ3n) is 3.76. The second kappa shape index (κ2) is 9.84. The molecule has 0 saturated heterocycles. The lowest BCUT2D eigenvalue weighted by atomic mass is 10.1. The molecule has 8 heteroatoms. The minimum absolute atomic E-state index is 0.0526. The second-order valence-electron chi connectivity index (χ2n) is 5.85. The normalized spacial score (nSPS) is 11.0. The van der Waals surface area contributed by atoms with Crippen LogP contribution >= 0.6 is 0 Å². The van der Waals surface area contributed by atoms with Gasteiger partial charge in [-0.15, -0.1) is 0 Å². The van der Waals surface area contributed by atoms with Gasteiger partial charge >= 0.3 is 5.97 Å². The molecule has 0 radical (unpaired) electrons. The van der Waals surface area contributed by atoms with Crippen LogP contribution in [-0.4, -0.2) is 39.7 Å². The van der Waals surface area contributed by atoms with Crippen molar-refractivity contribution in [1.29, 1.82) is 0 Å². The van der Waals surface area contributed by atoms with Crippen molar-refractivity contribution in [2.75, 3.05) is 24.7 Å². The molecule has 0 bridgehead atoms. The van der Waals surface area contributed by atoms with E-state index in [1.807, 2.05) is 30.3 Å². The summed E-state index contributed by atoms with van der Waals surface area (Å²) in [7, 11) is -2.25. The summed E-state index contributed by atoms with van der Waals surface area (Å²) in [4.78, 5) is 23.3. The number of methoxy groups -OCH3 is 1. The number of nitrogens with one attached hydrogen (secondary N) is 2. The molecule has 0 atom stereocenters. The van der Waals surface area contributed by atoms with Crippen LogP contribution in [0.25, 0.3) is 0 Å². The first-order valence-electron chi connectivity index (χ1n) is 8.39. The quantitative estimate of drug-likeness (QED) is 0.638. The molecular formula is C19H22N2O5S. The van der Waals surface area contributed by atoms with E-state index < -0.39 is 21.9 Å². The van der Waals surface area contributed by atoms with E-state index in [1.165, 1.54) is 19.2 Å². The van der Waals surface area contributed by atoms with Gasteiger partial charge < -0.3 is 10.1 Å². The van der Waals surface area contributed by atoms with Gasteiger partial charge in [0.05, 0.1) is 25.0 Å². The van der Waals surface area contributed by atoms with Crippen LogP contribution in [0.3, 0.4) is 0 Å². The lowest BCUT2D eigenvalue weighted by Gasteiger charge is -2.08. The van der Waals surface area contributed by atoms with Crippen LogP contribution in [0.2, 0.25) is 0 Å². The van der Waals surface area contributed by atoms with Gasteiger partial charge in [-0.1, -0.05) is 30.3 Å². The summed E-state index contributed by atoms with van der Waals surface area (Å²) in [5, 5.41) is 2.56. The van der Waals surface area contributed by atoms with Gasteiger partial charge in [-0.3, -0.25) is 4.79 Å². The first-order chi connectivity index (χ1) is 12.9. The minimum Gasteiger partial charge on any atom is -0.465 e. The van der Waals surface area contributed by atoms with E-state index in [0.29, 0.717) is 24.1 Å². The first kappa shape index (κ1) is 20.6. The van der Waals surface area contributed by atoms with Crippen molar-refractivity contribution < 1.29 is 22.7 Å². The van der Waals surface area contributed by atoms with Gasteiger partial charge in [0.1, 0.15) is 0 Å². The van der Waals surface area contributed by atoms with Crippen molar-refractivity contribution in [3.63, 3.8) is 0 Å². The lowest BCUT2D eigenvalue weighted by molar-refractivity contribution is -0.115. The predicted molar refractivity (Wildman–Crippen MR) is 103 cm³/mol. The third-order valence-corrected chi connectivity index (χ3v) is 5.17. The average Bonchev–Trinajstić information content (AvgIpc) is 2.67. The van der Waals surface area contributed by atoms with Gasteiger partial charge in [0, 0.05) is 5.69 Å². The number of carbonyl (C=O) groups is 2. The Morgan fingerprint density at radius 3 is 2.30 bits per heavy atom. The fourth-order valence-electron chi connectivity index (χ4n) is 2.37. The molecular weight excluding hydrogens is 368 g/mol. The molecule has 27 heavy (non-hydrogen) atoms. The highest BCUT2D eigenvalue weighted by Crippen LogP contribution is 2.10. The Bertz CT molecular complexity index is 865. The molecule has 2 N–H and O–H groups in total. The number of aryl methyl sites for hydroxylation is 1. The summed E-state index contributed by atoms with van der Waals surface area (Å²) in [5.74, 6) is -1.02. The second-order valence-corrected chi connectivity index (χ2v) is 7.77. The standard InChI is InChI=1S/C19H22N2O5S/c1-26-19(23)16-9-11-17(12-10-16)21-18(22)14-20-27(24,25)13-5-8-15-6-3-2-4-7-15/h2-4,6-7,9-12,20H,5,8,13-14H2,1H3,(H,21,22). The van der Waals surface area contributed by atoms with E-state index in [9.17, 15) is 18.0 Å². The van der Waals surface area contributed by atoms with Gasteiger partial charge in [0.2, 0.25) is 15.9 Å². The number of hydrogen-bond donors (Lipinski definition) is 2. The molecule has 0 unspecified atom stereocenters. The summed E-state index contributed by atoms with van der Waals surface area (Å²) in [6.07, 6.45) is 1.12. The van der Waals surface area contributed by atoms with Gasteiger partial charge in [0.25, 0.3) is 0 Å². The Labute approximate surface area is 158 Å². The van der Waals surface area contributed by atoms with Gasteiger partial charge in [-0.2, -0.15) is 0 Å². The van der Waals surface area contributed by atoms with E-state index in [4.69, 9.17) is 0 Å². The lowest BCUT2D eigenvalue weighted by Crippen LogP contribution is -2.34. The Hall–Kier alpha value is -2.71. The predicted octanol–water partition coefficient (Wildman–Crippen LogP) is 1.96. The van der Waals surface area contributed by atoms with E-state index >= 15 is 0 Å². The number of amides is 1. The molecule has 0 aliphatic carbocycles.